The van der Waals surface area contributed by atoms with Crippen LogP contribution in [0.5, 0.6) is 0 Å². The first-order valence-electron chi connectivity index (χ1n) is 7.88. The third kappa shape index (κ3) is 4.91. The summed E-state index contributed by atoms with van der Waals surface area (Å²) < 4.78 is 5.26. The van der Waals surface area contributed by atoms with E-state index in [2.05, 4.69) is 25.2 Å². The van der Waals surface area contributed by atoms with Crippen molar-refractivity contribution in [3.05, 3.63) is 11.6 Å². The van der Waals surface area contributed by atoms with Crippen molar-refractivity contribution in [3.63, 3.8) is 0 Å². The topological polar surface area (TPSA) is 41.6 Å². The Morgan fingerprint density at radius 1 is 1.45 bits per heavy atom. The molecule has 1 amide bonds. The van der Waals surface area contributed by atoms with Gasteiger partial charge in [0, 0.05) is 26.1 Å². The molecule has 2 atom stereocenters. The average Bonchev–Trinajstić information content (AvgIpc) is 2.43. The number of hydrogen-bond donors (Lipinski definition) is 1. The molecule has 4 heteroatoms. The zero-order valence-corrected chi connectivity index (χ0v) is 12.9. The fourth-order valence-corrected chi connectivity index (χ4v) is 3.31. The fraction of sp³-hybridized carbons (Fsp3) is 0.812. The van der Waals surface area contributed by atoms with E-state index in [4.69, 9.17) is 4.74 Å². The van der Waals surface area contributed by atoms with E-state index < -0.39 is 0 Å². The highest BCUT2D eigenvalue weighted by Crippen LogP contribution is 2.27. The summed E-state index contributed by atoms with van der Waals surface area (Å²) in [7, 11) is 0. The summed E-state index contributed by atoms with van der Waals surface area (Å²) >= 11 is 0. The van der Waals surface area contributed by atoms with Gasteiger partial charge in [0.1, 0.15) is 0 Å². The minimum absolute atomic E-state index is 0.258. The van der Waals surface area contributed by atoms with Crippen LogP contribution in [0.2, 0.25) is 0 Å². The van der Waals surface area contributed by atoms with Crippen LogP contribution in [0.4, 0.5) is 0 Å². The van der Waals surface area contributed by atoms with Crippen molar-refractivity contribution in [2.75, 3.05) is 39.4 Å². The molecule has 0 aromatic heterocycles. The van der Waals surface area contributed by atoms with Gasteiger partial charge in [-0.05, 0) is 38.1 Å². The molecular weight excluding hydrogens is 252 g/mol. The maximum atomic E-state index is 12.0. The maximum absolute atomic E-state index is 12.0. The van der Waals surface area contributed by atoms with Gasteiger partial charge in [-0.2, -0.15) is 0 Å². The van der Waals surface area contributed by atoms with Crippen molar-refractivity contribution in [2.45, 2.75) is 33.1 Å². The van der Waals surface area contributed by atoms with Crippen LogP contribution in [0.1, 0.15) is 33.1 Å². The number of carbonyl (C=O) groups excluding carboxylic acids is 1. The van der Waals surface area contributed by atoms with E-state index in [0.717, 1.165) is 32.1 Å². The second-order valence-corrected chi connectivity index (χ2v) is 6.24. The lowest BCUT2D eigenvalue weighted by molar-refractivity contribution is -0.135. The Labute approximate surface area is 122 Å². The highest BCUT2D eigenvalue weighted by atomic mass is 16.5. The number of carbonyl (C=O) groups is 1. The number of morpholine rings is 1. The Kier molecular flexibility index (Phi) is 6.05. The summed E-state index contributed by atoms with van der Waals surface area (Å²) in [5, 5.41) is 3.46. The molecule has 0 bridgehead atoms. The monoisotopic (exact) mass is 280 g/mol. The van der Waals surface area contributed by atoms with E-state index in [1.165, 1.54) is 18.4 Å². The number of hydrogen-bond acceptors (Lipinski definition) is 3. The predicted molar refractivity (Wildman–Crippen MR) is 80.5 cm³/mol. The zero-order chi connectivity index (χ0) is 14.4. The van der Waals surface area contributed by atoms with Gasteiger partial charge in [0.05, 0.1) is 13.2 Å². The number of ether oxygens (including phenoxy) is 1. The van der Waals surface area contributed by atoms with E-state index in [0.29, 0.717) is 25.6 Å². The molecule has 4 nitrogen and oxygen atoms in total. The second-order valence-electron chi connectivity index (χ2n) is 6.24. The van der Waals surface area contributed by atoms with Gasteiger partial charge < -0.3 is 15.0 Å². The first-order valence-corrected chi connectivity index (χ1v) is 7.88. The normalized spacial score (nSPS) is 27.3. The number of nitrogens with one attached hydrogen (secondary N) is 1. The summed E-state index contributed by atoms with van der Waals surface area (Å²) in [5.74, 6) is 1.69. The highest BCUT2D eigenvalue weighted by Gasteiger charge is 2.19. The number of rotatable bonds is 5. The molecule has 0 spiro atoms. The van der Waals surface area contributed by atoms with Crippen LogP contribution < -0.4 is 5.32 Å². The van der Waals surface area contributed by atoms with Gasteiger partial charge in [-0.3, -0.25) is 4.79 Å². The van der Waals surface area contributed by atoms with Crippen LogP contribution in [0, 0.1) is 11.8 Å². The Bertz CT molecular complexity index is 348. The molecule has 2 aliphatic rings. The lowest BCUT2D eigenvalue weighted by atomic mass is 9.84. The van der Waals surface area contributed by atoms with Crippen molar-refractivity contribution in [1.82, 2.24) is 10.2 Å². The molecule has 0 aromatic carbocycles. The molecule has 1 heterocycles. The van der Waals surface area contributed by atoms with Crippen LogP contribution in [0.25, 0.3) is 0 Å². The Hall–Kier alpha value is -0.870. The Morgan fingerprint density at radius 2 is 2.20 bits per heavy atom. The second kappa shape index (κ2) is 7.79. The van der Waals surface area contributed by atoms with Crippen LogP contribution >= 0.6 is 0 Å². The SMILES string of the molecule is CC1=CC(C)CC(CNCCC(=O)N2CCOCC2)C1. The minimum atomic E-state index is 0.258. The molecule has 2 unspecified atom stereocenters. The molecule has 1 fully saturated rings. The first-order chi connectivity index (χ1) is 9.65. The molecule has 0 saturated carbocycles. The predicted octanol–water partition coefficient (Wildman–Crippen LogP) is 1.82. The van der Waals surface area contributed by atoms with Crippen molar-refractivity contribution in [2.24, 2.45) is 11.8 Å². The van der Waals surface area contributed by atoms with Gasteiger partial charge in [-0.15, -0.1) is 0 Å². The van der Waals surface area contributed by atoms with E-state index in [-0.39, 0.29) is 5.91 Å². The zero-order valence-electron chi connectivity index (χ0n) is 12.9. The van der Waals surface area contributed by atoms with Crippen LogP contribution in [-0.4, -0.2) is 50.2 Å². The third-order valence-corrected chi connectivity index (χ3v) is 4.20. The summed E-state index contributed by atoms with van der Waals surface area (Å²) in [6.45, 7) is 9.22. The number of nitrogens with zero attached hydrogens (tertiary/aromatic N) is 1. The molecule has 0 aromatic rings. The smallest absolute Gasteiger partial charge is 0.224 e. The van der Waals surface area contributed by atoms with Gasteiger partial charge in [-0.1, -0.05) is 18.6 Å². The van der Waals surface area contributed by atoms with Crippen LogP contribution in [0.15, 0.2) is 11.6 Å². The average molecular weight is 280 g/mol. The molecule has 1 aliphatic heterocycles. The number of allylic oxidation sites excluding steroid dienone is 2. The van der Waals surface area contributed by atoms with Crippen molar-refractivity contribution in [3.8, 4) is 0 Å². The van der Waals surface area contributed by atoms with Gasteiger partial charge in [0.15, 0.2) is 0 Å². The quantitative estimate of drug-likeness (QED) is 0.617. The maximum Gasteiger partial charge on any atom is 0.224 e. The molecule has 2 rings (SSSR count). The minimum Gasteiger partial charge on any atom is -0.378 e. The van der Waals surface area contributed by atoms with Crippen molar-refractivity contribution < 1.29 is 9.53 Å². The van der Waals surface area contributed by atoms with E-state index in [1.54, 1.807) is 0 Å². The summed E-state index contributed by atoms with van der Waals surface area (Å²) in [4.78, 5) is 13.9. The summed E-state index contributed by atoms with van der Waals surface area (Å²) in [6.07, 6.45) is 5.46. The molecule has 1 saturated heterocycles. The fourth-order valence-electron chi connectivity index (χ4n) is 3.31. The summed E-state index contributed by atoms with van der Waals surface area (Å²) in [5.41, 5.74) is 1.51. The van der Waals surface area contributed by atoms with Crippen molar-refractivity contribution >= 4 is 5.91 Å². The molecule has 1 N–H and O–H groups in total. The van der Waals surface area contributed by atoms with E-state index in [1.807, 2.05) is 4.90 Å². The highest BCUT2D eigenvalue weighted by molar-refractivity contribution is 5.76. The lowest BCUT2D eigenvalue weighted by Crippen LogP contribution is -2.41. The van der Waals surface area contributed by atoms with Gasteiger partial charge >= 0.3 is 0 Å². The van der Waals surface area contributed by atoms with Crippen molar-refractivity contribution in [1.29, 1.82) is 0 Å². The van der Waals surface area contributed by atoms with Gasteiger partial charge in [0.25, 0.3) is 0 Å². The standard InChI is InChI=1S/C16H28N2O2/c1-13-9-14(2)11-15(10-13)12-17-4-3-16(19)18-5-7-20-8-6-18/h9,13,15,17H,3-8,10-12H2,1-2H3. The molecule has 1 aliphatic carbocycles. The van der Waals surface area contributed by atoms with Crippen LogP contribution in [0.3, 0.4) is 0 Å². The molecule has 114 valence electrons. The number of amides is 1. The van der Waals surface area contributed by atoms with Gasteiger partial charge in [-0.25, -0.2) is 0 Å². The molecule has 20 heavy (non-hydrogen) atoms. The third-order valence-electron chi connectivity index (χ3n) is 4.20. The van der Waals surface area contributed by atoms with E-state index in [9.17, 15) is 4.79 Å². The lowest BCUT2D eigenvalue weighted by Gasteiger charge is -2.27. The molecule has 0 radical (unpaired) electrons. The van der Waals surface area contributed by atoms with Gasteiger partial charge in [0.2, 0.25) is 5.91 Å². The summed E-state index contributed by atoms with van der Waals surface area (Å²) in [6, 6.07) is 0. The largest absolute Gasteiger partial charge is 0.378 e. The Morgan fingerprint density at radius 3 is 2.90 bits per heavy atom. The Balaban J connectivity index is 1.59. The molecular formula is C16H28N2O2. The van der Waals surface area contributed by atoms with E-state index >= 15 is 0 Å². The first kappa shape index (κ1) is 15.5. The van der Waals surface area contributed by atoms with Crippen LogP contribution in [-0.2, 0) is 9.53 Å².